The van der Waals surface area contributed by atoms with Crippen LogP contribution in [0.2, 0.25) is 0 Å². The van der Waals surface area contributed by atoms with Crippen LogP contribution in [0.5, 0.6) is 0 Å². The third kappa shape index (κ3) is 6.62. The van der Waals surface area contributed by atoms with Gasteiger partial charge >= 0.3 is 0 Å². The van der Waals surface area contributed by atoms with E-state index in [2.05, 4.69) is 15.6 Å². The number of guanidine groups is 1. The van der Waals surface area contributed by atoms with E-state index in [0.717, 1.165) is 17.7 Å². The number of amides is 2. The predicted octanol–water partition coefficient (Wildman–Crippen LogP) is 2.35. The number of rotatable bonds is 7. The van der Waals surface area contributed by atoms with Gasteiger partial charge in [-0.15, -0.1) is 0 Å². The summed E-state index contributed by atoms with van der Waals surface area (Å²) in [5, 5.41) is 6.54. The minimum Gasteiger partial charge on any atom is -0.357 e. The van der Waals surface area contributed by atoms with Gasteiger partial charge in [0.1, 0.15) is 0 Å². The van der Waals surface area contributed by atoms with Gasteiger partial charge in [0.25, 0.3) is 11.8 Å². The molecule has 0 aliphatic carbocycles. The highest BCUT2D eigenvalue weighted by atomic mass is 16.2. The lowest BCUT2D eigenvalue weighted by Gasteiger charge is -2.13. The number of hydrogen-bond donors (Lipinski definition) is 2. The van der Waals surface area contributed by atoms with Crippen molar-refractivity contribution in [3.8, 4) is 0 Å². The standard InChI is InChI=1S/C23H31N5O2/c1-6-24-23(25-15-17-7-11-19(12-8-17)21(29)27(2)3)26-16-18-9-13-20(14-10-18)22(30)28(4)5/h7-14H,6,15-16H2,1-5H3,(H2,24,25,26). The summed E-state index contributed by atoms with van der Waals surface area (Å²) in [6, 6.07) is 15.0. The lowest BCUT2D eigenvalue weighted by Crippen LogP contribution is -2.36. The van der Waals surface area contributed by atoms with Crippen LogP contribution in [0.3, 0.4) is 0 Å². The Balaban J connectivity index is 1.97. The van der Waals surface area contributed by atoms with Crippen LogP contribution in [0.15, 0.2) is 53.5 Å². The van der Waals surface area contributed by atoms with Crippen molar-refractivity contribution >= 4 is 17.8 Å². The van der Waals surface area contributed by atoms with Gasteiger partial charge in [0.15, 0.2) is 5.96 Å². The van der Waals surface area contributed by atoms with Crippen molar-refractivity contribution in [3.05, 3.63) is 70.8 Å². The zero-order valence-electron chi connectivity index (χ0n) is 18.4. The molecule has 2 N–H and O–H groups in total. The zero-order valence-corrected chi connectivity index (χ0v) is 18.4. The highest BCUT2D eigenvalue weighted by molar-refractivity contribution is 5.94. The molecule has 0 bridgehead atoms. The van der Waals surface area contributed by atoms with Crippen LogP contribution in [-0.4, -0.2) is 62.3 Å². The minimum absolute atomic E-state index is 0.0114. The molecule has 0 unspecified atom stereocenters. The molecule has 0 heterocycles. The molecule has 160 valence electrons. The number of benzene rings is 2. The normalized spacial score (nSPS) is 11.0. The molecule has 30 heavy (non-hydrogen) atoms. The Morgan fingerprint density at radius 3 is 1.67 bits per heavy atom. The third-order valence-electron chi connectivity index (χ3n) is 4.44. The van der Waals surface area contributed by atoms with Crippen LogP contribution in [-0.2, 0) is 13.1 Å². The monoisotopic (exact) mass is 409 g/mol. The molecule has 0 saturated carbocycles. The Bertz CT molecular complexity index is 871. The second-order valence-corrected chi connectivity index (χ2v) is 7.34. The van der Waals surface area contributed by atoms with Crippen molar-refractivity contribution in [1.82, 2.24) is 20.4 Å². The van der Waals surface area contributed by atoms with Crippen LogP contribution in [0, 0.1) is 0 Å². The Morgan fingerprint density at radius 1 is 0.767 bits per heavy atom. The van der Waals surface area contributed by atoms with Crippen molar-refractivity contribution in [2.24, 2.45) is 4.99 Å². The lowest BCUT2D eigenvalue weighted by atomic mass is 10.1. The van der Waals surface area contributed by atoms with Crippen LogP contribution in [0.25, 0.3) is 0 Å². The molecule has 0 spiro atoms. The van der Waals surface area contributed by atoms with E-state index in [9.17, 15) is 9.59 Å². The fourth-order valence-corrected chi connectivity index (χ4v) is 2.73. The number of nitrogens with one attached hydrogen (secondary N) is 2. The zero-order chi connectivity index (χ0) is 22.1. The maximum Gasteiger partial charge on any atom is 0.253 e. The Labute approximate surface area is 178 Å². The average Bonchev–Trinajstić information content (AvgIpc) is 2.75. The summed E-state index contributed by atoms with van der Waals surface area (Å²) in [5.74, 6) is 0.681. The first kappa shape index (κ1) is 22.9. The van der Waals surface area contributed by atoms with Gasteiger partial charge in [0.2, 0.25) is 0 Å². The summed E-state index contributed by atoms with van der Waals surface area (Å²) in [6.45, 7) is 3.86. The number of aliphatic imine (C=N–C) groups is 1. The van der Waals surface area contributed by atoms with E-state index in [1.807, 2.05) is 55.5 Å². The van der Waals surface area contributed by atoms with E-state index >= 15 is 0 Å². The van der Waals surface area contributed by atoms with Gasteiger partial charge in [0, 0.05) is 52.4 Å². The van der Waals surface area contributed by atoms with Gasteiger partial charge in [-0.05, 0) is 42.3 Å². The van der Waals surface area contributed by atoms with E-state index in [-0.39, 0.29) is 11.8 Å². The Morgan fingerprint density at radius 2 is 1.23 bits per heavy atom. The molecular formula is C23H31N5O2. The third-order valence-corrected chi connectivity index (χ3v) is 4.44. The summed E-state index contributed by atoms with van der Waals surface area (Å²) < 4.78 is 0. The van der Waals surface area contributed by atoms with E-state index in [1.165, 1.54) is 0 Å². The molecule has 7 nitrogen and oxygen atoms in total. The van der Waals surface area contributed by atoms with Gasteiger partial charge in [-0.25, -0.2) is 4.99 Å². The van der Waals surface area contributed by atoms with E-state index < -0.39 is 0 Å². The summed E-state index contributed by atoms with van der Waals surface area (Å²) >= 11 is 0. The molecule has 2 aromatic carbocycles. The molecular weight excluding hydrogens is 378 g/mol. The molecule has 0 saturated heterocycles. The molecule has 7 heteroatoms. The van der Waals surface area contributed by atoms with Crippen molar-refractivity contribution in [2.45, 2.75) is 20.0 Å². The van der Waals surface area contributed by atoms with Gasteiger partial charge in [-0.1, -0.05) is 24.3 Å². The first-order valence-corrected chi connectivity index (χ1v) is 9.95. The molecule has 2 amide bonds. The summed E-state index contributed by atoms with van der Waals surface area (Å²) in [7, 11) is 6.96. The largest absolute Gasteiger partial charge is 0.357 e. The summed E-state index contributed by atoms with van der Waals surface area (Å²) in [5.41, 5.74) is 3.41. The number of hydrogen-bond acceptors (Lipinski definition) is 3. The quantitative estimate of drug-likeness (QED) is 0.544. The fraction of sp³-hybridized carbons (Fsp3) is 0.348. The van der Waals surface area contributed by atoms with E-state index in [1.54, 1.807) is 38.0 Å². The van der Waals surface area contributed by atoms with Gasteiger partial charge < -0.3 is 20.4 Å². The highest BCUT2D eigenvalue weighted by Crippen LogP contribution is 2.08. The molecule has 0 aromatic heterocycles. The fourth-order valence-electron chi connectivity index (χ4n) is 2.73. The number of carbonyl (C=O) groups is 2. The topological polar surface area (TPSA) is 77.0 Å². The second kappa shape index (κ2) is 11.0. The molecule has 0 aliphatic heterocycles. The van der Waals surface area contributed by atoms with E-state index in [0.29, 0.717) is 30.2 Å². The average molecular weight is 410 g/mol. The maximum atomic E-state index is 12.0. The summed E-state index contributed by atoms with van der Waals surface area (Å²) in [6.07, 6.45) is 0. The molecule has 2 rings (SSSR count). The molecule has 0 fully saturated rings. The highest BCUT2D eigenvalue weighted by Gasteiger charge is 2.08. The maximum absolute atomic E-state index is 12.0. The van der Waals surface area contributed by atoms with Gasteiger partial charge in [0.05, 0.1) is 6.54 Å². The smallest absolute Gasteiger partial charge is 0.253 e. The van der Waals surface area contributed by atoms with Crippen molar-refractivity contribution in [2.75, 3.05) is 34.7 Å². The predicted molar refractivity (Wildman–Crippen MR) is 121 cm³/mol. The first-order valence-electron chi connectivity index (χ1n) is 9.95. The SMILES string of the molecule is CCNC(=NCc1ccc(C(=O)N(C)C)cc1)NCc1ccc(C(=O)N(C)C)cc1. The van der Waals surface area contributed by atoms with E-state index in [4.69, 9.17) is 0 Å². The van der Waals surface area contributed by atoms with Crippen molar-refractivity contribution in [3.63, 3.8) is 0 Å². The van der Waals surface area contributed by atoms with Crippen LogP contribution in [0.4, 0.5) is 0 Å². The minimum atomic E-state index is -0.0154. The van der Waals surface area contributed by atoms with Crippen molar-refractivity contribution < 1.29 is 9.59 Å². The second-order valence-electron chi connectivity index (χ2n) is 7.34. The Kier molecular flexibility index (Phi) is 8.41. The van der Waals surface area contributed by atoms with Gasteiger partial charge in [-0.3, -0.25) is 9.59 Å². The van der Waals surface area contributed by atoms with Gasteiger partial charge in [-0.2, -0.15) is 0 Å². The lowest BCUT2D eigenvalue weighted by molar-refractivity contribution is 0.0820. The molecule has 0 atom stereocenters. The Hall–Kier alpha value is -3.35. The van der Waals surface area contributed by atoms with Crippen LogP contribution >= 0.6 is 0 Å². The molecule has 0 radical (unpaired) electrons. The molecule has 2 aromatic rings. The number of nitrogens with zero attached hydrogens (tertiary/aromatic N) is 3. The number of carbonyl (C=O) groups excluding carboxylic acids is 2. The first-order chi connectivity index (χ1) is 14.3. The molecule has 0 aliphatic rings. The summed E-state index contributed by atoms with van der Waals surface area (Å²) in [4.78, 5) is 31.7. The van der Waals surface area contributed by atoms with Crippen LogP contribution < -0.4 is 10.6 Å². The van der Waals surface area contributed by atoms with Crippen molar-refractivity contribution in [1.29, 1.82) is 0 Å². The van der Waals surface area contributed by atoms with Crippen LogP contribution in [0.1, 0.15) is 38.8 Å².